The summed E-state index contributed by atoms with van der Waals surface area (Å²) in [5.74, 6) is -0.481. The maximum Gasteiger partial charge on any atom is 0.269 e. The van der Waals surface area contributed by atoms with Crippen LogP contribution in [-0.2, 0) is 0 Å². The van der Waals surface area contributed by atoms with Crippen LogP contribution in [-0.4, -0.2) is 29.4 Å². The number of carbonyl (C=O) groups is 3. The summed E-state index contributed by atoms with van der Waals surface area (Å²) in [5.41, 5.74) is 7.57. The van der Waals surface area contributed by atoms with Gasteiger partial charge in [-0.05, 0) is 79.2 Å². The number of halogens is 1. The Morgan fingerprint density at radius 2 is 1.59 bits per heavy atom. The Kier molecular flexibility index (Phi) is 9.76. The molecule has 3 aromatic carbocycles. The lowest BCUT2D eigenvalue weighted by molar-refractivity contribution is 0.0933. The summed E-state index contributed by atoms with van der Waals surface area (Å²) < 4.78 is 6.44. The van der Waals surface area contributed by atoms with Crippen LogP contribution in [0.15, 0.2) is 71.2 Å². The zero-order valence-electron chi connectivity index (χ0n) is 20.6. The molecule has 0 heterocycles. The molecule has 3 amide bonds. The minimum absolute atomic E-state index is 0.0877. The summed E-state index contributed by atoms with van der Waals surface area (Å²) >= 11 is 8.50. The van der Waals surface area contributed by atoms with Crippen LogP contribution in [0.5, 0.6) is 5.75 Å². The van der Waals surface area contributed by atoms with Crippen molar-refractivity contribution in [3.8, 4) is 5.75 Å². The van der Waals surface area contributed by atoms with Gasteiger partial charge in [-0.15, -0.1) is 0 Å². The minimum Gasteiger partial charge on any atom is -0.492 e. The fraction of sp³-hybridized carbons (Fsp3) is 0.185. The van der Waals surface area contributed by atoms with Crippen LogP contribution >= 0.6 is 28.1 Å². The maximum atomic E-state index is 12.7. The number of hydrogen-bond donors (Lipinski definition) is 4. The van der Waals surface area contributed by atoms with Crippen LogP contribution in [0.3, 0.4) is 0 Å². The Morgan fingerprint density at radius 1 is 0.892 bits per heavy atom. The van der Waals surface area contributed by atoms with Crippen LogP contribution in [0.25, 0.3) is 0 Å². The first kappa shape index (κ1) is 27.8. The molecule has 10 heteroatoms. The largest absolute Gasteiger partial charge is 0.492 e. The topological polar surface area (TPSA) is 109 Å². The van der Waals surface area contributed by atoms with Crippen molar-refractivity contribution in [2.75, 3.05) is 11.9 Å². The molecule has 192 valence electrons. The molecular weight excluding hydrogens is 556 g/mol. The highest BCUT2D eigenvalue weighted by Gasteiger charge is 2.16. The van der Waals surface area contributed by atoms with Gasteiger partial charge in [0, 0.05) is 21.3 Å². The number of aryl methyl sites for hydroxylation is 1. The number of rotatable bonds is 7. The highest BCUT2D eigenvalue weighted by atomic mass is 79.9. The van der Waals surface area contributed by atoms with Crippen molar-refractivity contribution >= 4 is 56.7 Å². The molecule has 3 rings (SSSR count). The van der Waals surface area contributed by atoms with Gasteiger partial charge in [0.2, 0.25) is 0 Å². The summed E-state index contributed by atoms with van der Waals surface area (Å²) in [6, 6.07) is 18.8. The first-order valence-corrected chi connectivity index (χ1v) is 12.6. The molecule has 37 heavy (non-hydrogen) atoms. The number of amides is 3. The highest BCUT2D eigenvalue weighted by molar-refractivity contribution is 9.10. The van der Waals surface area contributed by atoms with Gasteiger partial charge >= 0.3 is 0 Å². The third kappa shape index (κ3) is 8.12. The molecule has 0 saturated carbocycles. The second kappa shape index (κ2) is 13.0. The van der Waals surface area contributed by atoms with E-state index >= 15 is 0 Å². The standard InChI is InChI=1S/C27H27BrN4O4S/c1-16(2)15-36-23-13-10-19(28)14-22(23)26(35)30-27(37)32-31-24(33)18-8-11-20(12-9-18)29-25(34)21-7-5-4-6-17(21)3/h4-14,16H,15H2,1-3H3,(H,29,34)(H,31,33)(H2,30,32,35,37). The summed E-state index contributed by atoms with van der Waals surface area (Å²) in [5, 5.41) is 5.25. The molecule has 8 nitrogen and oxygen atoms in total. The fourth-order valence-corrected chi connectivity index (χ4v) is 3.69. The molecule has 0 aliphatic carbocycles. The number of anilines is 1. The zero-order chi connectivity index (χ0) is 26.9. The van der Waals surface area contributed by atoms with E-state index in [0.717, 1.165) is 5.56 Å². The Labute approximate surface area is 229 Å². The van der Waals surface area contributed by atoms with E-state index in [2.05, 4.69) is 37.4 Å². The SMILES string of the molecule is Cc1ccccc1C(=O)Nc1ccc(C(=O)NNC(=S)NC(=O)c2cc(Br)ccc2OCC(C)C)cc1. The van der Waals surface area contributed by atoms with E-state index in [9.17, 15) is 14.4 Å². The predicted octanol–water partition coefficient (Wildman–Crippen LogP) is 4.99. The predicted molar refractivity (Wildman–Crippen MR) is 151 cm³/mol. The van der Waals surface area contributed by atoms with E-state index in [-0.39, 0.29) is 16.9 Å². The molecule has 0 saturated heterocycles. The van der Waals surface area contributed by atoms with Crippen molar-refractivity contribution < 1.29 is 19.1 Å². The van der Waals surface area contributed by atoms with Gasteiger partial charge in [0.05, 0.1) is 12.2 Å². The Morgan fingerprint density at radius 3 is 2.27 bits per heavy atom. The molecule has 0 atom stereocenters. The van der Waals surface area contributed by atoms with Gasteiger partial charge < -0.3 is 10.1 Å². The van der Waals surface area contributed by atoms with E-state index < -0.39 is 11.8 Å². The zero-order valence-corrected chi connectivity index (χ0v) is 23.0. The number of benzene rings is 3. The van der Waals surface area contributed by atoms with Gasteiger partial charge in [-0.1, -0.05) is 48.0 Å². The smallest absolute Gasteiger partial charge is 0.269 e. The van der Waals surface area contributed by atoms with Crippen LogP contribution in [0.1, 0.15) is 50.5 Å². The lowest BCUT2D eigenvalue weighted by Gasteiger charge is -2.15. The number of hydrazine groups is 1. The van der Waals surface area contributed by atoms with Crippen LogP contribution in [0, 0.1) is 12.8 Å². The van der Waals surface area contributed by atoms with Crippen LogP contribution < -0.4 is 26.2 Å². The molecule has 0 fully saturated rings. The monoisotopic (exact) mass is 582 g/mol. The third-order valence-corrected chi connectivity index (χ3v) is 5.77. The van der Waals surface area contributed by atoms with Crippen molar-refractivity contribution in [3.05, 3.63) is 93.5 Å². The van der Waals surface area contributed by atoms with E-state index in [0.29, 0.717) is 39.2 Å². The Hall–Kier alpha value is -3.76. The Bertz CT molecular complexity index is 1310. The number of thiocarbonyl (C=S) groups is 1. The summed E-state index contributed by atoms with van der Waals surface area (Å²) in [6.45, 7) is 6.33. The van der Waals surface area contributed by atoms with Gasteiger partial charge in [0.25, 0.3) is 17.7 Å². The molecule has 0 aliphatic rings. The summed E-state index contributed by atoms with van der Waals surface area (Å²) in [7, 11) is 0. The molecule has 0 radical (unpaired) electrons. The molecule has 0 bridgehead atoms. The lowest BCUT2D eigenvalue weighted by Crippen LogP contribution is -2.48. The average Bonchev–Trinajstić information content (AvgIpc) is 2.87. The van der Waals surface area contributed by atoms with Gasteiger partial charge in [-0.25, -0.2) is 0 Å². The fourth-order valence-electron chi connectivity index (χ4n) is 3.18. The molecule has 4 N–H and O–H groups in total. The van der Waals surface area contributed by atoms with Crippen molar-refractivity contribution in [1.82, 2.24) is 16.2 Å². The average molecular weight is 584 g/mol. The quantitative estimate of drug-likeness (QED) is 0.231. The highest BCUT2D eigenvalue weighted by Crippen LogP contribution is 2.24. The van der Waals surface area contributed by atoms with E-state index in [1.54, 1.807) is 54.6 Å². The van der Waals surface area contributed by atoms with Crippen molar-refractivity contribution in [3.63, 3.8) is 0 Å². The van der Waals surface area contributed by atoms with E-state index in [4.69, 9.17) is 17.0 Å². The molecule has 0 aliphatic heterocycles. The third-order valence-electron chi connectivity index (χ3n) is 5.07. The first-order chi connectivity index (χ1) is 17.6. The van der Waals surface area contributed by atoms with E-state index in [1.165, 1.54) is 0 Å². The lowest BCUT2D eigenvalue weighted by atomic mass is 10.1. The molecule has 0 spiro atoms. The van der Waals surface area contributed by atoms with Crippen LogP contribution in [0.2, 0.25) is 0 Å². The molecule has 0 unspecified atom stereocenters. The maximum absolute atomic E-state index is 12.7. The normalized spacial score (nSPS) is 10.4. The first-order valence-electron chi connectivity index (χ1n) is 11.4. The van der Waals surface area contributed by atoms with Gasteiger partial charge in [0.1, 0.15) is 5.75 Å². The van der Waals surface area contributed by atoms with Gasteiger partial charge in [0.15, 0.2) is 5.11 Å². The molecular formula is C27H27BrN4O4S. The Balaban J connectivity index is 1.53. The van der Waals surface area contributed by atoms with Gasteiger partial charge in [-0.3, -0.25) is 30.6 Å². The van der Waals surface area contributed by atoms with Crippen molar-refractivity contribution in [2.45, 2.75) is 20.8 Å². The number of carbonyl (C=O) groups excluding carboxylic acids is 3. The second-order valence-electron chi connectivity index (χ2n) is 8.55. The second-order valence-corrected chi connectivity index (χ2v) is 9.88. The minimum atomic E-state index is -0.486. The number of nitrogens with one attached hydrogen (secondary N) is 4. The number of ether oxygens (including phenoxy) is 1. The van der Waals surface area contributed by atoms with Crippen LogP contribution in [0.4, 0.5) is 5.69 Å². The summed E-state index contributed by atoms with van der Waals surface area (Å²) in [6.07, 6.45) is 0. The molecule has 0 aromatic heterocycles. The van der Waals surface area contributed by atoms with Crippen molar-refractivity contribution in [1.29, 1.82) is 0 Å². The van der Waals surface area contributed by atoms with Crippen molar-refractivity contribution in [2.24, 2.45) is 5.92 Å². The van der Waals surface area contributed by atoms with E-state index in [1.807, 2.05) is 32.9 Å². The summed E-state index contributed by atoms with van der Waals surface area (Å²) in [4.78, 5) is 37.7. The molecule has 3 aromatic rings. The number of hydrogen-bond acceptors (Lipinski definition) is 5. The van der Waals surface area contributed by atoms with Gasteiger partial charge in [-0.2, -0.15) is 0 Å².